The SMILES string of the molecule is Cc1cc(Cl)ccc1Oc1ccc(C(N)=S)c(C)c1. The number of halogens is 1. The molecule has 0 atom stereocenters. The second kappa shape index (κ2) is 5.59. The number of hydrogen-bond acceptors (Lipinski definition) is 2. The Balaban J connectivity index is 2.29. The predicted molar refractivity (Wildman–Crippen MR) is 83.3 cm³/mol. The molecular formula is C15H14ClNOS. The Hall–Kier alpha value is -1.58. The standard InChI is InChI=1S/C15H14ClNOS/c1-9-8-12(4-5-13(9)15(17)19)18-14-6-3-11(16)7-10(14)2/h3-8H,1-2H3,(H2,17,19). The number of ether oxygens (including phenoxy) is 1. The van der Waals surface area contributed by atoms with Gasteiger partial charge in [-0.15, -0.1) is 0 Å². The van der Waals surface area contributed by atoms with Crippen LogP contribution in [0.25, 0.3) is 0 Å². The molecule has 0 heterocycles. The average Bonchev–Trinajstić information content (AvgIpc) is 2.32. The van der Waals surface area contributed by atoms with Crippen LogP contribution in [0.5, 0.6) is 11.5 Å². The van der Waals surface area contributed by atoms with Crippen LogP contribution >= 0.6 is 23.8 Å². The fraction of sp³-hybridized carbons (Fsp3) is 0.133. The van der Waals surface area contributed by atoms with Crippen molar-refractivity contribution in [3.05, 3.63) is 58.1 Å². The van der Waals surface area contributed by atoms with Crippen molar-refractivity contribution in [3.8, 4) is 11.5 Å². The van der Waals surface area contributed by atoms with E-state index in [1.807, 2.05) is 44.2 Å². The lowest BCUT2D eigenvalue weighted by Crippen LogP contribution is -2.10. The van der Waals surface area contributed by atoms with Gasteiger partial charge in [0.15, 0.2) is 0 Å². The van der Waals surface area contributed by atoms with Crippen molar-refractivity contribution in [2.24, 2.45) is 5.73 Å². The molecule has 0 aliphatic carbocycles. The molecule has 0 fully saturated rings. The van der Waals surface area contributed by atoms with E-state index < -0.39 is 0 Å². The van der Waals surface area contributed by atoms with Gasteiger partial charge in [0.05, 0.1) is 0 Å². The molecule has 2 nitrogen and oxygen atoms in total. The zero-order valence-electron chi connectivity index (χ0n) is 10.7. The summed E-state index contributed by atoms with van der Waals surface area (Å²) in [6, 6.07) is 11.2. The van der Waals surface area contributed by atoms with Gasteiger partial charge in [0.1, 0.15) is 16.5 Å². The number of rotatable bonds is 3. The molecule has 0 bridgehead atoms. The van der Waals surface area contributed by atoms with Crippen molar-refractivity contribution in [2.75, 3.05) is 0 Å². The molecular weight excluding hydrogens is 278 g/mol. The van der Waals surface area contributed by atoms with Gasteiger partial charge < -0.3 is 10.5 Å². The molecule has 0 saturated carbocycles. The summed E-state index contributed by atoms with van der Waals surface area (Å²) in [6.07, 6.45) is 0. The van der Waals surface area contributed by atoms with Gasteiger partial charge in [0.25, 0.3) is 0 Å². The highest BCUT2D eigenvalue weighted by Gasteiger charge is 2.06. The minimum absolute atomic E-state index is 0.395. The fourth-order valence-electron chi connectivity index (χ4n) is 1.83. The molecule has 0 aliphatic rings. The van der Waals surface area contributed by atoms with Crippen LogP contribution in [0.4, 0.5) is 0 Å². The maximum absolute atomic E-state index is 5.92. The van der Waals surface area contributed by atoms with Crippen LogP contribution in [-0.2, 0) is 0 Å². The molecule has 0 unspecified atom stereocenters. The molecule has 2 aromatic carbocycles. The van der Waals surface area contributed by atoms with Crippen molar-refractivity contribution >= 4 is 28.8 Å². The maximum Gasteiger partial charge on any atom is 0.130 e. The predicted octanol–water partition coefficient (Wildman–Crippen LogP) is 4.38. The molecule has 19 heavy (non-hydrogen) atoms. The lowest BCUT2D eigenvalue weighted by Gasteiger charge is -2.11. The number of thiocarbonyl (C=S) groups is 1. The van der Waals surface area contributed by atoms with Gasteiger partial charge in [-0.2, -0.15) is 0 Å². The zero-order chi connectivity index (χ0) is 14.0. The van der Waals surface area contributed by atoms with Crippen LogP contribution in [0.15, 0.2) is 36.4 Å². The Kier molecular flexibility index (Phi) is 4.08. The summed E-state index contributed by atoms with van der Waals surface area (Å²) in [5.74, 6) is 1.54. The summed E-state index contributed by atoms with van der Waals surface area (Å²) in [7, 11) is 0. The van der Waals surface area contributed by atoms with E-state index in [9.17, 15) is 0 Å². The molecule has 2 aromatic rings. The Labute approximate surface area is 123 Å². The summed E-state index contributed by atoms with van der Waals surface area (Å²) in [5, 5.41) is 0.699. The number of aryl methyl sites for hydroxylation is 2. The van der Waals surface area contributed by atoms with Gasteiger partial charge in [-0.05, 0) is 61.4 Å². The Morgan fingerprint density at radius 3 is 2.42 bits per heavy atom. The normalized spacial score (nSPS) is 10.3. The lowest BCUT2D eigenvalue weighted by molar-refractivity contribution is 0.478. The quantitative estimate of drug-likeness (QED) is 0.852. The second-order valence-electron chi connectivity index (χ2n) is 4.35. The van der Waals surface area contributed by atoms with E-state index in [1.54, 1.807) is 6.07 Å². The molecule has 2 N–H and O–H groups in total. The van der Waals surface area contributed by atoms with E-state index >= 15 is 0 Å². The molecule has 0 radical (unpaired) electrons. The van der Waals surface area contributed by atoms with E-state index in [1.165, 1.54) is 0 Å². The monoisotopic (exact) mass is 291 g/mol. The van der Waals surface area contributed by atoms with Gasteiger partial charge in [-0.3, -0.25) is 0 Å². The van der Waals surface area contributed by atoms with Crippen LogP contribution in [0, 0.1) is 13.8 Å². The molecule has 0 saturated heterocycles. The van der Waals surface area contributed by atoms with E-state index in [2.05, 4.69) is 0 Å². The summed E-state index contributed by atoms with van der Waals surface area (Å²) >= 11 is 10.9. The van der Waals surface area contributed by atoms with Crippen LogP contribution in [0.1, 0.15) is 16.7 Å². The summed E-state index contributed by atoms with van der Waals surface area (Å²) in [5.41, 5.74) is 8.49. The Bertz CT molecular complexity index is 640. The highest BCUT2D eigenvalue weighted by molar-refractivity contribution is 7.80. The van der Waals surface area contributed by atoms with Crippen LogP contribution in [0.3, 0.4) is 0 Å². The van der Waals surface area contributed by atoms with Crippen molar-refractivity contribution in [2.45, 2.75) is 13.8 Å². The summed E-state index contributed by atoms with van der Waals surface area (Å²) < 4.78 is 5.84. The van der Waals surface area contributed by atoms with Crippen molar-refractivity contribution in [1.29, 1.82) is 0 Å². The molecule has 0 aliphatic heterocycles. The molecule has 4 heteroatoms. The maximum atomic E-state index is 5.92. The first-order valence-electron chi connectivity index (χ1n) is 5.82. The largest absolute Gasteiger partial charge is 0.457 e. The van der Waals surface area contributed by atoms with Gasteiger partial charge in [-0.1, -0.05) is 23.8 Å². The molecule has 98 valence electrons. The van der Waals surface area contributed by atoms with E-state index in [0.717, 1.165) is 28.2 Å². The summed E-state index contributed by atoms with van der Waals surface area (Å²) in [6.45, 7) is 3.91. The van der Waals surface area contributed by atoms with Crippen molar-refractivity contribution in [3.63, 3.8) is 0 Å². The Morgan fingerprint density at radius 2 is 1.84 bits per heavy atom. The van der Waals surface area contributed by atoms with Gasteiger partial charge in [-0.25, -0.2) is 0 Å². The average molecular weight is 292 g/mol. The van der Waals surface area contributed by atoms with Crippen LogP contribution < -0.4 is 10.5 Å². The first-order chi connectivity index (χ1) is 8.97. The smallest absolute Gasteiger partial charge is 0.130 e. The van der Waals surface area contributed by atoms with Crippen molar-refractivity contribution in [1.82, 2.24) is 0 Å². The van der Waals surface area contributed by atoms with Crippen molar-refractivity contribution < 1.29 is 4.74 Å². The van der Waals surface area contributed by atoms with E-state index in [4.69, 9.17) is 34.3 Å². The third-order valence-corrected chi connectivity index (χ3v) is 3.28. The van der Waals surface area contributed by atoms with Crippen LogP contribution in [0.2, 0.25) is 5.02 Å². The first-order valence-corrected chi connectivity index (χ1v) is 6.60. The molecule has 0 amide bonds. The van der Waals surface area contributed by atoms with Gasteiger partial charge in [0, 0.05) is 10.6 Å². The third-order valence-electron chi connectivity index (χ3n) is 2.83. The second-order valence-corrected chi connectivity index (χ2v) is 5.23. The minimum atomic E-state index is 0.395. The number of benzene rings is 2. The highest BCUT2D eigenvalue weighted by Crippen LogP contribution is 2.28. The van der Waals surface area contributed by atoms with E-state index in [-0.39, 0.29) is 0 Å². The van der Waals surface area contributed by atoms with E-state index in [0.29, 0.717) is 10.0 Å². The highest BCUT2D eigenvalue weighted by atomic mass is 35.5. The first kappa shape index (κ1) is 13.8. The number of nitrogens with two attached hydrogens (primary N) is 1. The summed E-state index contributed by atoms with van der Waals surface area (Å²) in [4.78, 5) is 0.395. The molecule has 0 aromatic heterocycles. The third kappa shape index (κ3) is 3.25. The zero-order valence-corrected chi connectivity index (χ0v) is 12.3. The number of hydrogen-bond donors (Lipinski definition) is 1. The molecule has 0 spiro atoms. The topological polar surface area (TPSA) is 35.2 Å². The van der Waals surface area contributed by atoms with Gasteiger partial charge in [0.2, 0.25) is 0 Å². The molecule has 2 rings (SSSR count). The fourth-order valence-corrected chi connectivity index (χ4v) is 2.29. The van der Waals surface area contributed by atoms with Gasteiger partial charge >= 0.3 is 0 Å². The van der Waals surface area contributed by atoms with Crippen LogP contribution in [-0.4, -0.2) is 4.99 Å². The Morgan fingerprint density at radius 1 is 1.11 bits per heavy atom. The minimum Gasteiger partial charge on any atom is -0.457 e. The lowest BCUT2D eigenvalue weighted by atomic mass is 10.1.